The van der Waals surface area contributed by atoms with E-state index in [-0.39, 0.29) is 5.16 Å². The third-order valence-electron chi connectivity index (χ3n) is 1.55. The largest absolute Gasteiger partial charge is 0.328 e. The van der Waals surface area contributed by atoms with Gasteiger partial charge < -0.3 is 4.98 Å². The van der Waals surface area contributed by atoms with E-state index in [1.165, 1.54) is 6.20 Å². The van der Waals surface area contributed by atoms with Gasteiger partial charge in [-0.2, -0.15) is 0 Å². The van der Waals surface area contributed by atoms with Gasteiger partial charge in [0, 0.05) is 6.20 Å². The SMILES string of the molecule is NS(=O)(=O)c1ncc2nccc-2[nH]1. The zero-order valence-corrected chi connectivity index (χ0v) is 7.25. The Kier molecular flexibility index (Phi) is 1.57. The Balaban J connectivity index is 2.70. The fourth-order valence-corrected chi connectivity index (χ4v) is 1.42. The normalized spacial score (nSPS) is 12.1. The van der Waals surface area contributed by atoms with Gasteiger partial charge in [0.25, 0.3) is 10.0 Å². The van der Waals surface area contributed by atoms with Gasteiger partial charge in [-0.15, -0.1) is 0 Å². The highest BCUT2D eigenvalue weighted by Crippen LogP contribution is 2.16. The van der Waals surface area contributed by atoms with Crippen LogP contribution in [-0.2, 0) is 10.0 Å². The van der Waals surface area contributed by atoms with Crippen molar-refractivity contribution in [3.05, 3.63) is 18.5 Å². The van der Waals surface area contributed by atoms with Gasteiger partial charge in [0.05, 0.1) is 11.9 Å². The molecule has 0 fully saturated rings. The van der Waals surface area contributed by atoms with Crippen LogP contribution in [0.1, 0.15) is 0 Å². The summed E-state index contributed by atoms with van der Waals surface area (Å²) in [6, 6.07) is 1.64. The van der Waals surface area contributed by atoms with E-state index in [1.807, 2.05) is 0 Å². The molecule has 0 aliphatic carbocycles. The third-order valence-corrected chi connectivity index (χ3v) is 2.29. The second-order valence-corrected chi connectivity index (χ2v) is 3.95. The highest BCUT2D eigenvalue weighted by atomic mass is 32.2. The van der Waals surface area contributed by atoms with Crippen molar-refractivity contribution in [1.29, 1.82) is 0 Å². The molecule has 0 saturated heterocycles. The van der Waals surface area contributed by atoms with Gasteiger partial charge in [-0.3, -0.25) is 4.98 Å². The number of rotatable bonds is 1. The van der Waals surface area contributed by atoms with Crippen molar-refractivity contribution < 1.29 is 8.42 Å². The van der Waals surface area contributed by atoms with Crippen LogP contribution in [-0.4, -0.2) is 23.4 Å². The van der Waals surface area contributed by atoms with Crippen molar-refractivity contribution >= 4 is 10.0 Å². The fourth-order valence-electron chi connectivity index (χ4n) is 0.967. The predicted molar refractivity (Wildman–Crippen MR) is 44.4 cm³/mol. The minimum Gasteiger partial charge on any atom is -0.328 e. The minimum absolute atomic E-state index is 0.256. The second-order valence-electron chi connectivity index (χ2n) is 2.48. The van der Waals surface area contributed by atoms with Crippen molar-refractivity contribution in [2.45, 2.75) is 5.16 Å². The zero-order valence-electron chi connectivity index (χ0n) is 6.43. The first-order chi connectivity index (χ1) is 6.07. The zero-order chi connectivity index (χ0) is 9.47. The number of H-pyrrole nitrogens is 1. The van der Waals surface area contributed by atoms with Crippen molar-refractivity contribution in [2.24, 2.45) is 5.14 Å². The first kappa shape index (κ1) is 8.14. The molecule has 0 bridgehead atoms. The molecule has 0 unspecified atom stereocenters. The number of nitrogens with one attached hydrogen (secondary N) is 1. The van der Waals surface area contributed by atoms with Crippen LogP contribution in [0.2, 0.25) is 0 Å². The Bertz CT molecular complexity index is 503. The Hall–Kier alpha value is -1.47. The minimum atomic E-state index is -3.77. The van der Waals surface area contributed by atoms with E-state index in [0.717, 1.165) is 0 Å². The molecule has 0 amide bonds. The lowest BCUT2D eigenvalue weighted by atomic mass is 10.3. The number of hydrogen-bond donors (Lipinski definition) is 2. The van der Waals surface area contributed by atoms with Gasteiger partial charge in [0.15, 0.2) is 0 Å². The van der Waals surface area contributed by atoms with Crippen LogP contribution in [0.3, 0.4) is 0 Å². The summed E-state index contributed by atoms with van der Waals surface area (Å²) in [6.45, 7) is 0. The van der Waals surface area contributed by atoms with Gasteiger partial charge in [-0.25, -0.2) is 18.5 Å². The summed E-state index contributed by atoms with van der Waals surface area (Å²) in [7, 11) is -3.77. The number of fused-ring (bicyclic) bond motifs is 1. The van der Waals surface area contributed by atoms with Gasteiger partial charge in [0.1, 0.15) is 5.69 Å². The van der Waals surface area contributed by atoms with Crippen LogP contribution >= 0.6 is 0 Å². The van der Waals surface area contributed by atoms with Crippen molar-refractivity contribution in [1.82, 2.24) is 15.0 Å². The van der Waals surface area contributed by atoms with Gasteiger partial charge in [0.2, 0.25) is 5.16 Å². The molecule has 0 aromatic carbocycles. The number of sulfonamides is 1. The van der Waals surface area contributed by atoms with Crippen molar-refractivity contribution in [3.63, 3.8) is 0 Å². The van der Waals surface area contributed by atoms with E-state index in [9.17, 15) is 8.42 Å². The summed E-state index contributed by atoms with van der Waals surface area (Å²) in [4.78, 5) is 10.1. The number of nitrogens with two attached hydrogens (primary N) is 1. The molecule has 2 aliphatic rings. The van der Waals surface area contributed by atoms with Crippen LogP contribution < -0.4 is 5.14 Å². The monoisotopic (exact) mass is 198 g/mol. The van der Waals surface area contributed by atoms with E-state index in [4.69, 9.17) is 5.14 Å². The summed E-state index contributed by atoms with van der Waals surface area (Å²) in [5.74, 6) is 0. The maximum Gasteiger partial charge on any atom is 0.271 e. The number of primary sulfonamides is 1. The first-order valence-corrected chi connectivity index (χ1v) is 4.94. The fraction of sp³-hybridized carbons (Fsp3) is 0. The second kappa shape index (κ2) is 2.51. The molecule has 3 N–H and O–H groups in total. The number of aromatic nitrogens is 3. The third kappa shape index (κ3) is 1.38. The number of aromatic amines is 1. The molecule has 0 spiro atoms. The topological polar surface area (TPSA) is 102 Å². The van der Waals surface area contributed by atoms with Crippen molar-refractivity contribution in [3.8, 4) is 11.4 Å². The molecule has 2 heterocycles. The van der Waals surface area contributed by atoms with Crippen LogP contribution in [0.4, 0.5) is 0 Å². The molecule has 7 heteroatoms. The molecule has 2 rings (SSSR count). The van der Waals surface area contributed by atoms with E-state index in [2.05, 4.69) is 15.0 Å². The van der Waals surface area contributed by atoms with Gasteiger partial charge in [-0.05, 0) is 6.07 Å². The molecule has 0 aromatic heterocycles. The van der Waals surface area contributed by atoms with E-state index >= 15 is 0 Å². The summed E-state index contributed by atoms with van der Waals surface area (Å²) in [6.07, 6.45) is 2.90. The highest BCUT2D eigenvalue weighted by molar-refractivity contribution is 7.89. The summed E-state index contributed by atoms with van der Waals surface area (Å²) < 4.78 is 21.7. The Labute approximate surface area is 74.2 Å². The average Bonchev–Trinajstić information content (AvgIpc) is 2.47. The Morgan fingerprint density at radius 2 is 2.15 bits per heavy atom. The van der Waals surface area contributed by atoms with Crippen LogP contribution in [0, 0.1) is 0 Å². The lowest BCUT2D eigenvalue weighted by molar-refractivity contribution is 0.589. The van der Waals surface area contributed by atoms with Gasteiger partial charge >= 0.3 is 0 Å². The molecular formula is C6H6N4O2S. The molecule has 13 heavy (non-hydrogen) atoms. The van der Waals surface area contributed by atoms with E-state index in [1.54, 1.807) is 12.3 Å². The number of hydrogen-bond acceptors (Lipinski definition) is 4. The molecular weight excluding hydrogens is 192 g/mol. The lowest BCUT2D eigenvalue weighted by Crippen LogP contribution is -2.16. The average molecular weight is 198 g/mol. The Morgan fingerprint density at radius 3 is 2.85 bits per heavy atom. The van der Waals surface area contributed by atoms with E-state index in [0.29, 0.717) is 11.4 Å². The summed E-state index contributed by atoms with van der Waals surface area (Å²) >= 11 is 0. The van der Waals surface area contributed by atoms with Crippen LogP contribution in [0.25, 0.3) is 11.4 Å². The van der Waals surface area contributed by atoms with E-state index < -0.39 is 10.0 Å². The molecule has 0 atom stereocenters. The smallest absolute Gasteiger partial charge is 0.271 e. The maximum atomic E-state index is 10.9. The molecule has 0 radical (unpaired) electrons. The maximum absolute atomic E-state index is 10.9. The molecule has 6 nitrogen and oxygen atoms in total. The molecule has 68 valence electrons. The molecule has 2 aliphatic heterocycles. The van der Waals surface area contributed by atoms with Gasteiger partial charge in [-0.1, -0.05) is 0 Å². The van der Waals surface area contributed by atoms with Crippen molar-refractivity contribution in [2.75, 3.05) is 0 Å². The van der Waals surface area contributed by atoms with Crippen LogP contribution in [0.15, 0.2) is 23.6 Å². The first-order valence-electron chi connectivity index (χ1n) is 3.40. The highest BCUT2D eigenvalue weighted by Gasteiger charge is 2.13. The number of nitrogens with zero attached hydrogens (tertiary/aromatic N) is 2. The molecule has 0 saturated carbocycles. The Morgan fingerprint density at radius 1 is 1.38 bits per heavy atom. The summed E-state index contributed by atoms with van der Waals surface area (Å²) in [5, 5.41) is 4.62. The predicted octanol–water partition coefficient (Wildman–Crippen LogP) is -0.443. The molecule has 0 aromatic rings. The quantitative estimate of drug-likeness (QED) is 0.606. The standard InChI is InChI=1S/C6H6N4O2S/c7-13(11,12)6-9-3-5-4(10-6)1-2-8-5/h1-3H,(H,9,10)(H2,7,11,12). The van der Waals surface area contributed by atoms with Crippen LogP contribution in [0.5, 0.6) is 0 Å². The lowest BCUT2D eigenvalue weighted by Gasteiger charge is -2.00. The summed E-state index contributed by atoms with van der Waals surface area (Å²) in [5.41, 5.74) is 1.20.